The largest absolute Gasteiger partial charge is 0.384 e. The van der Waals surface area contributed by atoms with E-state index in [0.29, 0.717) is 17.6 Å². The quantitative estimate of drug-likeness (QED) is 0.749. The normalized spacial score (nSPS) is 26.4. The Morgan fingerprint density at radius 1 is 1.62 bits per heavy atom. The van der Waals surface area contributed by atoms with Gasteiger partial charge in [-0.05, 0) is 31.8 Å². The van der Waals surface area contributed by atoms with Gasteiger partial charge in [-0.3, -0.25) is 4.79 Å². The van der Waals surface area contributed by atoms with E-state index in [1.54, 1.807) is 6.08 Å². The minimum absolute atomic E-state index is 0.0403. The van der Waals surface area contributed by atoms with E-state index in [1.807, 2.05) is 6.92 Å². The molecule has 0 saturated heterocycles. The van der Waals surface area contributed by atoms with Crippen LogP contribution in [0.3, 0.4) is 0 Å². The van der Waals surface area contributed by atoms with E-state index in [0.717, 1.165) is 19.3 Å². The van der Waals surface area contributed by atoms with Crippen molar-refractivity contribution in [1.82, 2.24) is 10.2 Å². The maximum atomic E-state index is 11.9. The van der Waals surface area contributed by atoms with E-state index in [4.69, 9.17) is 5.73 Å². The van der Waals surface area contributed by atoms with Crippen LogP contribution >= 0.6 is 0 Å². The fourth-order valence-electron chi connectivity index (χ4n) is 2.37. The molecule has 1 atom stereocenters. The van der Waals surface area contributed by atoms with E-state index >= 15 is 0 Å². The highest BCUT2D eigenvalue weighted by atomic mass is 16.2. The molecule has 1 aliphatic carbocycles. The third-order valence-electron chi connectivity index (χ3n) is 3.51. The lowest BCUT2D eigenvalue weighted by molar-refractivity contribution is -0.127. The van der Waals surface area contributed by atoms with Crippen molar-refractivity contribution < 1.29 is 4.79 Å². The summed E-state index contributed by atoms with van der Waals surface area (Å²) in [5.41, 5.74) is 6.75. The molecule has 1 heterocycles. The predicted molar refractivity (Wildman–Crippen MR) is 63.1 cm³/mol. The summed E-state index contributed by atoms with van der Waals surface area (Å²) in [5, 5.41) is 2.81. The van der Waals surface area contributed by atoms with E-state index in [9.17, 15) is 4.79 Å². The van der Waals surface area contributed by atoms with Crippen LogP contribution in [0.25, 0.3) is 0 Å². The summed E-state index contributed by atoms with van der Waals surface area (Å²) in [5.74, 6) is 0.713. The molecule has 2 aliphatic rings. The van der Waals surface area contributed by atoms with Crippen molar-refractivity contribution in [1.29, 1.82) is 0 Å². The number of hydrogen-bond acceptors (Lipinski definition) is 3. The van der Waals surface area contributed by atoms with Crippen molar-refractivity contribution in [2.24, 2.45) is 5.73 Å². The van der Waals surface area contributed by atoms with Crippen LogP contribution in [0.2, 0.25) is 0 Å². The predicted octanol–water partition coefficient (Wildman–Crippen LogP) is 1.06. The van der Waals surface area contributed by atoms with E-state index in [2.05, 4.69) is 16.8 Å². The van der Waals surface area contributed by atoms with Gasteiger partial charge < -0.3 is 16.0 Å². The minimum Gasteiger partial charge on any atom is -0.384 e. The smallest absolute Gasteiger partial charge is 0.247 e. The van der Waals surface area contributed by atoms with Gasteiger partial charge in [-0.15, -0.1) is 0 Å². The molecule has 1 amide bonds. The van der Waals surface area contributed by atoms with Crippen molar-refractivity contribution >= 4 is 5.91 Å². The number of nitrogens with one attached hydrogen (secondary N) is 1. The molecular formula is C12H19N3O. The summed E-state index contributed by atoms with van der Waals surface area (Å²) < 4.78 is 0. The Morgan fingerprint density at radius 3 is 2.75 bits per heavy atom. The van der Waals surface area contributed by atoms with Crippen molar-refractivity contribution in [2.75, 3.05) is 0 Å². The van der Waals surface area contributed by atoms with Gasteiger partial charge in [0.25, 0.3) is 0 Å². The van der Waals surface area contributed by atoms with Crippen molar-refractivity contribution in [3.63, 3.8) is 0 Å². The van der Waals surface area contributed by atoms with E-state index in [-0.39, 0.29) is 11.9 Å². The topological polar surface area (TPSA) is 58.4 Å². The van der Waals surface area contributed by atoms with Gasteiger partial charge in [0.1, 0.15) is 11.9 Å². The molecule has 0 aromatic carbocycles. The molecule has 16 heavy (non-hydrogen) atoms. The second-order valence-electron chi connectivity index (χ2n) is 4.41. The Morgan fingerprint density at radius 2 is 2.31 bits per heavy atom. The van der Waals surface area contributed by atoms with Gasteiger partial charge in [0.15, 0.2) is 0 Å². The molecule has 0 spiro atoms. The van der Waals surface area contributed by atoms with Crippen LogP contribution in [0.1, 0.15) is 32.6 Å². The van der Waals surface area contributed by atoms with Gasteiger partial charge in [0, 0.05) is 6.04 Å². The maximum absolute atomic E-state index is 11.9. The van der Waals surface area contributed by atoms with Gasteiger partial charge in [-0.25, -0.2) is 0 Å². The average molecular weight is 221 g/mol. The minimum atomic E-state index is -0.117. The third-order valence-corrected chi connectivity index (χ3v) is 3.51. The van der Waals surface area contributed by atoms with Crippen LogP contribution in [-0.4, -0.2) is 22.9 Å². The molecule has 1 aliphatic heterocycles. The molecule has 1 unspecified atom stereocenters. The van der Waals surface area contributed by atoms with Crippen molar-refractivity contribution in [2.45, 2.75) is 44.7 Å². The number of carbonyl (C=O) groups excluding carboxylic acids is 1. The SMILES string of the molecule is C=CC1=C(N)N(C2CCC2)C(CC)C(=O)N1. The van der Waals surface area contributed by atoms with Crippen LogP contribution in [0.4, 0.5) is 0 Å². The Hall–Kier alpha value is -1.45. The zero-order valence-electron chi connectivity index (χ0n) is 9.70. The van der Waals surface area contributed by atoms with Gasteiger partial charge in [0.2, 0.25) is 5.91 Å². The molecular weight excluding hydrogens is 202 g/mol. The van der Waals surface area contributed by atoms with Crippen LogP contribution in [0.15, 0.2) is 24.2 Å². The van der Waals surface area contributed by atoms with Crippen molar-refractivity contribution in [3.8, 4) is 0 Å². The van der Waals surface area contributed by atoms with E-state index < -0.39 is 0 Å². The molecule has 3 N–H and O–H groups in total. The lowest BCUT2D eigenvalue weighted by atomic mass is 9.89. The summed E-state index contributed by atoms with van der Waals surface area (Å²) in [6.45, 7) is 5.69. The molecule has 88 valence electrons. The fourth-order valence-corrected chi connectivity index (χ4v) is 2.37. The number of carbonyl (C=O) groups is 1. The lowest BCUT2D eigenvalue weighted by Gasteiger charge is -2.46. The Labute approximate surface area is 96.2 Å². The van der Waals surface area contributed by atoms with Gasteiger partial charge in [-0.2, -0.15) is 0 Å². The molecule has 4 heteroatoms. The van der Waals surface area contributed by atoms with Gasteiger partial charge >= 0.3 is 0 Å². The Balaban J connectivity index is 2.32. The Bertz CT molecular complexity index is 344. The lowest BCUT2D eigenvalue weighted by Crippen LogP contribution is -2.58. The molecule has 4 nitrogen and oxygen atoms in total. The molecule has 0 bridgehead atoms. The van der Waals surface area contributed by atoms with E-state index in [1.165, 1.54) is 6.42 Å². The molecule has 0 radical (unpaired) electrons. The number of nitrogens with zero attached hydrogens (tertiary/aromatic N) is 1. The first-order chi connectivity index (χ1) is 7.69. The number of nitrogens with two attached hydrogens (primary N) is 1. The number of allylic oxidation sites excluding steroid dienone is 1. The second kappa shape index (κ2) is 4.20. The van der Waals surface area contributed by atoms with Crippen LogP contribution in [0, 0.1) is 0 Å². The number of amides is 1. The standard InChI is InChI=1S/C12H19N3O/c1-3-9-11(13)15(8-6-5-7-8)10(4-2)12(16)14-9/h3,8,10H,1,4-7,13H2,2H3,(H,14,16). The zero-order chi connectivity index (χ0) is 11.7. The summed E-state index contributed by atoms with van der Waals surface area (Å²) >= 11 is 0. The molecule has 1 fully saturated rings. The average Bonchev–Trinajstić information content (AvgIpc) is 2.20. The highest BCUT2D eigenvalue weighted by Gasteiger charge is 2.38. The van der Waals surface area contributed by atoms with Gasteiger partial charge in [-0.1, -0.05) is 13.5 Å². The third kappa shape index (κ3) is 1.58. The highest BCUT2D eigenvalue weighted by Crippen LogP contribution is 2.31. The van der Waals surface area contributed by atoms with Crippen LogP contribution in [0.5, 0.6) is 0 Å². The summed E-state index contributed by atoms with van der Waals surface area (Å²) in [6, 6.07) is 0.319. The molecule has 1 saturated carbocycles. The summed E-state index contributed by atoms with van der Waals surface area (Å²) in [7, 11) is 0. The van der Waals surface area contributed by atoms with Crippen molar-refractivity contribution in [3.05, 3.63) is 24.2 Å². The first-order valence-corrected chi connectivity index (χ1v) is 5.90. The first kappa shape index (κ1) is 11.0. The summed E-state index contributed by atoms with van der Waals surface area (Å²) in [4.78, 5) is 14.0. The maximum Gasteiger partial charge on any atom is 0.247 e. The number of hydrogen-bond donors (Lipinski definition) is 2. The highest BCUT2D eigenvalue weighted by molar-refractivity contribution is 5.85. The van der Waals surface area contributed by atoms with Crippen LogP contribution < -0.4 is 11.1 Å². The first-order valence-electron chi connectivity index (χ1n) is 5.90. The Kier molecular flexibility index (Phi) is 2.90. The monoisotopic (exact) mass is 221 g/mol. The zero-order valence-corrected chi connectivity index (χ0v) is 9.70. The summed E-state index contributed by atoms with van der Waals surface area (Å²) in [6.07, 6.45) is 5.90. The molecule has 0 aromatic rings. The molecule has 2 rings (SSSR count). The molecule has 0 aromatic heterocycles. The van der Waals surface area contributed by atoms with Gasteiger partial charge in [0.05, 0.1) is 5.70 Å². The fraction of sp³-hybridized carbons (Fsp3) is 0.583. The number of rotatable bonds is 3. The second-order valence-corrected chi connectivity index (χ2v) is 4.41. The van der Waals surface area contributed by atoms with Crippen LogP contribution in [-0.2, 0) is 4.79 Å².